The molecule has 1 unspecified atom stereocenters. The molecule has 1 aliphatic carbocycles. The molecule has 0 aromatic carbocycles. The fraction of sp³-hybridized carbons (Fsp3) is 1.00. The number of ether oxygens (including phenoxy) is 1. The molecule has 0 amide bonds. The molecule has 1 N–H and O–H groups in total. The van der Waals surface area contributed by atoms with E-state index in [2.05, 4.69) is 12.2 Å². The summed E-state index contributed by atoms with van der Waals surface area (Å²) in [5.74, 6) is 0.954. The van der Waals surface area contributed by atoms with Crippen LogP contribution in [-0.4, -0.2) is 25.3 Å². The summed E-state index contributed by atoms with van der Waals surface area (Å²) in [6, 6.07) is 1.38. The Hall–Kier alpha value is -0.0800. The molecule has 0 bridgehead atoms. The van der Waals surface area contributed by atoms with Crippen molar-refractivity contribution in [1.29, 1.82) is 0 Å². The molecule has 1 saturated carbocycles. The number of nitrogens with one attached hydrogen (secondary N) is 1. The van der Waals surface area contributed by atoms with Gasteiger partial charge in [0.05, 0.1) is 19.3 Å². The first kappa shape index (κ1) is 7.56. The number of hydrogen-bond donors (Lipinski definition) is 1. The molecule has 2 heteroatoms. The largest absolute Gasteiger partial charge is 0.378 e. The fourth-order valence-electron chi connectivity index (χ4n) is 1.78. The molecule has 1 heterocycles. The van der Waals surface area contributed by atoms with Crippen molar-refractivity contribution < 1.29 is 4.74 Å². The highest BCUT2D eigenvalue weighted by Crippen LogP contribution is 2.29. The Bertz CT molecular complexity index is 130. The molecular weight excluding hydrogens is 138 g/mol. The molecule has 1 atom stereocenters. The molecule has 64 valence electrons. The summed E-state index contributed by atoms with van der Waals surface area (Å²) >= 11 is 0. The van der Waals surface area contributed by atoms with E-state index in [1.54, 1.807) is 0 Å². The number of rotatable bonds is 3. The van der Waals surface area contributed by atoms with Crippen LogP contribution in [-0.2, 0) is 4.74 Å². The second-order valence-corrected chi connectivity index (χ2v) is 3.88. The van der Waals surface area contributed by atoms with Gasteiger partial charge < -0.3 is 10.1 Å². The van der Waals surface area contributed by atoms with Crippen LogP contribution in [0.25, 0.3) is 0 Å². The Labute approximate surface area is 68.3 Å². The van der Waals surface area contributed by atoms with Crippen LogP contribution in [0, 0.1) is 5.92 Å². The van der Waals surface area contributed by atoms with Crippen molar-refractivity contribution in [2.45, 2.75) is 38.3 Å². The Morgan fingerprint density at radius 1 is 1.36 bits per heavy atom. The lowest BCUT2D eigenvalue weighted by molar-refractivity contribution is -0.0146. The first-order valence-electron chi connectivity index (χ1n) is 4.70. The number of hydrogen-bond acceptors (Lipinski definition) is 2. The second-order valence-electron chi connectivity index (χ2n) is 3.88. The molecule has 0 aromatic rings. The van der Waals surface area contributed by atoms with E-state index in [-0.39, 0.29) is 0 Å². The van der Waals surface area contributed by atoms with E-state index < -0.39 is 0 Å². The van der Waals surface area contributed by atoms with Gasteiger partial charge in [-0.1, -0.05) is 6.42 Å². The van der Waals surface area contributed by atoms with E-state index in [9.17, 15) is 0 Å². The van der Waals surface area contributed by atoms with E-state index in [0.717, 1.165) is 25.2 Å². The highest BCUT2D eigenvalue weighted by atomic mass is 16.5. The standard InChI is InChI=1S/C9H17NO/c1-7(8-3-2-4-8)10-9-5-11-6-9/h7-10H,2-6H2,1H3. The predicted octanol–water partition coefficient (Wildman–Crippen LogP) is 1.16. The molecule has 11 heavy (non-hydrogen) atoms. The highest BCUT2D eigenvalue weighted by molar-refractivity contribution is 4.84. The zero-order valence-corrected chi connectivity index (χ0v) is 7.18. The van der Waals surface area contributed by atoms with Crippen LogP contribution in [0.5, 0.6) is 0 Å². The monoisotopic (exact) mass is 155 g/mol. The minimum Gasteiger partial charge on any atom is -0.378 e. The third-order valence-corrected chi connectivity index (χ3v) is 2.99. The van der Waals surface area contributed by atoms with Crippen LogP contribution in [0.1, 0.15) is 26.2 Å². The SMILES string of the molecule is CC(NC1COC1)C1CCC1. The normalized spacial score (nSPS) is 29.2. The van der Waals surface area contributed by atoms with Gasteiger partial charge in [0.2, 0.25) is 0 Å². The van der Waals surface area contributed by atoms with Gasteiger partial charge in [-0.05, 0) is 25.7 Å². The van der Waals surface area contributed by atoms with Crippen molar-refractivity contribution in [2.24, 2.45) is 5.92 Å². The molecule has 2 rings (SSSR count). The first-order valence-corrected chi connectivity index (χ1v) is 4.70. The molecule has 2 aliphatic rings. The summed E-state index contributed by atoms with van der Waals surface area (Å²) in [5, 5.41) is 3.59. The summed E-state index contributed by atoms with van der Waals surface area (Å²) in [5.41, 5.74) is 0. The van der Waals surface area contributed by atoms with Crippen LogP contribution in [0.4, 0.5) is 0 Å². The van der Waals surface area contributed by atoms with E-state index in [1.807, 2.05) is 0 Å². The maximum absolute atomic E-state index is 5.10. The average molecular weight is 155 g/mol. The summed E-state index contributed by atoms with van der Waals surface area (Å²) in [7, 11) is 0. The van der Waals surface area contributed by atoms with Crippen molar-refractivity contribution in [3.8, 4) is 0 Å². The van der Waals surface area contributed by atoms with Gasteiger partial charge in [0.15, 0.2) is 0 Å². The third kappa shape index (κ3) is 1.57. The summed E-state index contributed by atoms with van der Waals surface area (Å²) in [6.07, 6.45) is 4.31. The van der Waals surface area contributed by atoms with Crippen molar-refractivity contribution in [2.75, 3.05) is 13.2 Å². The Morgan fingerprint density at radius 2 is 2.09 bits per heavy atom. The van der Waals surface area contributed by atoms with Gasteiger partial charge in [0.25, 0.3) is 0 Å². The zero-order chi connectivity index (χ0) is 7.68. The first-order chi connectivity index (χ1) is 5.36. The molecule has 2 nitrogen and oxygen atoms in total. The Balaban J connectivity index is 1.67. The maximum Gasteiger partial charge on any atom is 0.0643 e. The molecular formula is C9H17NO. The Morgan fingerprint density at radius 3 is 2.45 bits per heavy atom. The van der Waals surface area contributed by atoms with Crippen LogP contribution < -0.4 is 5.32 Å². The van der Waals surface area contributed by atoms with Crippen molar-refractivity contribution in [3.63, 3.8) is 0 Å². The summed E-state index contributed by atoms with van der Waals surface area (Å²) in [4.78, 5) is 0. The maximum atomic E-state index is 5.10. The van der Waals surface area contributed by atoms with Crippen LogP contribution in [0.2, 0.25) is 0 Å². The quantitative estimate of drug-likeness (QED) is 0.660. The molecule has 1 aliphatic heterocycles. The van der Waals surface area contributed by atoms with Gasteiger partial charge in [0.1, 0.15) is 0 Å². The van der Waals surface area contributed by atoms with E-state index >= 15 is 0 Å². The minimum absolute atomic E-state index is 0.658. The third-order valence-electron chi connectivity index (χ3n) is 2.99. The zero-order valence-electron chi connectivity index (χ0n) is 7.18. The van der Waals surface area contributed by atoms with Gasteiger partial charge in [-0.15, -0.1) is 0 Å². The van der Waals surface area contributed by atoms with Gasteiger partial charge in [-0.2, -0.15) is 0 Å². The van der Waals surface area contributed by atoms with Crippen molar-refractivity contribution in [3.05, 3.63) is 0 Å². The van der Waals surface area contributed by atoms with Crippen LogP contribution in [0.15, 0.2) is 0 Å². The average Bonchev–Trinajstić information content (AvgIpc) is 1.74. The highest BCUT2D eigenvalue weighted by Gasteiger charge is 2.27. The summed E-state index contributed by atoms with van der Waals surface area (Å²) in [6.45, 7) is 4.16. The molecule has 0 radical (unpaired) electrons. The molecule has 1 saturated heterocycles. The minimum atomic E-state index is 0.658. The molecule has 0 spiro atoms. The molecule has 2 fully saturated rings. The second kappa shape index (κ2) is 3.11. The topological polar surface area (TPSA) is 21.3 Å². The van der Waals surface area contributed by atoms with Gasteiger partial charge in [0, 0.05) is 6.04 Å². The van der Waals surface area contributed by atoms with Gasteiger partial charge in [-0.3, -0.25) is 0 Å². The van der Waals surface area contributed by atoms with Crippen molar-refractivity contribution in [1.82, 2.24) is 5.32 Å². The van der Waals surface area contributed by atoms with E-state index in [0.29, 0.717) is 6.04 Å². The lowest BCUT2D eigenvalue weighted by atomic mass is 9.80. The smallest absolute Gasteiger partial charge is 0.0643 e. The van der Waals surface area contributed by atoms with Crippen LogP contribution in [0.3, 0.4) is 0 Å². The lowest BCUT2D eigenvalue weighted by Crippen LogP contribution is -2.52. The Kier molecular flexibility index (Phi) is 2.14. The van der Waals surface area contributed by atoms with E-state index in [1.165, 1.54) is 19.3 Å². The van der Waals surface area contributed by atoms with Crippen molar-refractivity contribution >= 4 is 0 Å². The fourth-order valence-corrected chi connectivity index (χ4v) is 1.78. The molecule has 0 aromatic heterocycles. The van der Waals surface area contributed by atoms with Gasteiger partial charge in [-0.25, -0.2) is 0 Å². The summed E-state index contributed by atoms with van der Waals surface area (Å²) < 4.78 is 5.10. The predicted molar refractivity (Wildman–Crippen MR) is 44.5 cm³/mol. The van der Waals surface area contributed by atoms with E-state index in [4.69, 9.17) is 4.74 Å². The lowest BCUT2D eigenvalue weighted by Gasteiger charge is -2.37. The van der Waals surface area contributed by atoms with Gasteiger partial charge >= 0.3 is 0 Å². The van der Waals surface area contributed by atoms with Crippen LogP contribution >= 0.6 is 0 Å².